The van der Waals surface area contributed by atoms with E-state index in [1.807, 2.05) is 12.1 Å². The molecule has 4 heteroatoms. The van der Waals surface area contributed by atoms with E-state index >= 15 is 0 Å². The first-order valence-corrected chi connectivity index (χ1v) is 8.22. The van der Waals surface area contributed by atoms with E-state index in [9.17, 15) is 4.39 Å². The predicted molar refractivity (Wildman–Crippen MR) is 82.5 cm³/mol. The maximum Gasteiger partial charge on any atom is 0.123 e. The van der Waals surface area contributed by atoms with Crippen molar-refractivity contribution < 1.29 is 9.13 Å². The average Bonchev–Trinajstić information content (AvgIpc) is 2.50. The molecule has 0 saturated heterocycles. The number of thioether (sulfide) groups is 1. The van der Waals surface area contributed by atoms with Crippen LogP contribution in [0, 0.1) is 5.82 Å². The molecule has 0 saturated carbocycles. The van der Waals surface area contributed by atoms with Gasteiger partial charge in [0.05, 0.1) is 12.6 Å². The summed E-state index contributed by atoms with van der Waals surface area (Å²) in [5.74, 6) is 1.78. The zero-order valence-corrected chi connectivity index (χ0v) is 12.7. The molecular weight excluding hydrogens is 273 g/mol. The minimum absolute atomic E-state index is 0.187. The van der Waals surface area contributed by atoms with Crippen LogP contribution >= 0.6 is 11.8 Å². The third kappa shape index (κ3) is 4.84. The van der Waals surface area contributed by atoms with Crippen LogP contribution in [0.5, 0.6) is 0 Å². The van der Waals surface area contributed by atoms with E-state index in [-0.39, 0.29) is 11.9 Å². The fourth-order valence-corrected chi connectivity index (χ4v) is 3.06. The Morgan fingerprint density at radius 2 is 2.15 bits per heavy atom. The largest absolute Gasteiger partial charge is 0.497 e. The van der Waals surface area contributed by atoms with Crippen molar-refractivity contribution in [3.8, 4) is 0 Å². The van der Waals surface area contributed by atoms with Gasteiger partial charge in [-0.05, 0) is 56.1 Å². The van der Waals surface area contributed by atoms with Crippen LogP contribution in [0.15, 0.2) is 41.0 Å². The molecule has 0 radical (unpaired) electrons. The fourth-order valence-electron chi connectivity index (χ4n) is 2.09. The zero-order valence-electron chi connectivity index (χ0n) is 11.9. The molecule has 1 unspecified atom stereocenters. The van der Waals surface area contributed by atoms with E-state index in [4.69, 9.17) is 4.74 Å². The lowest BCUT2D eigenvalue weighted by Crippen LogP contribution is -2.35. The molecule has 1 aliphatic rings. The Balaban J connectivity index is 1.92. The van der Waals surface area contributed by atoms with Crippen LogP contribution in [0.3, 0.4) is 0 Å². The molecule has 0 spiro atoms. The highest BCUT2D eigenvalue weighted by molar-refractivity contribution is 7.99. The quantitative estimate of drug-likeness (QED) is 0.769. The van der Waals surface area contributed by atoms with Crippen molar-refractivity contribution in [1.29, 1.82) is 0 Å². The van der Waals surface area contributed by atoms with Crippen molar-refractivity contribution in [2.24, 2.45) is 0 Å². The topological polar surface area (TPSA) is 21.3 Å². The highest BCUT2D eigenvalue weighted by Gasteiger charge is 2.17. The average molecular weight is 295 g/mol. The first kappa shape index (κ1) is 15.4. The molecule has 110 valence electrons. The SMILES string of the molecule is CCCNC(CSc1ccc(F)cc1)C1=CCCCO1. The van der Waals surface area contributed by atoms with Crippen LogP contribution in [0.4, 0.5) is 4.39 Å². The normalized spacial score (nSPS) is 16.4. The summed E-state index contributed by atoms with van der Waals surface area (Å²) in [6.07, 6.45) is 5.50. The molecule has 0 bridgehead atoms. The number of benzene rings is 1. The molecule has 1 aromatic rings. The number of hydrogen-bond acceptors (Lipinski definition) is 3. The van der Waals surface area contributed by atoms with Gasteiger partial charge in [-0.2, -0.15) is 0 Å². The number of allylic oxidation sites excluding steroid dienone is 1. The summed E-state index contributed by atoms with van der Waals surface area (Å²) in [7, 11) is 0. The highest BCUT2D eigenvalue weighted by atomic mass is 32.2. The maximum absolute atomic E-state index is 12.9. The van der Waals surface area contributed by atoms with Crippen molar-refractivity contribution >= 4 is 11.8 Å². The molecule has 2 rings (SSSR count). The first-order chi connectivity index (χ1) is 9.79. The number of halogens is 1. The summed E-state index contributed by atoms with van der Waals surface area (Å²) >= 11 is 1.73. The van der Waals surface area contributed by atoms with E-state index in [0.717, 1.165) is 48.8 Å². The number of rotatable bonds is 7. The predicted octanol–water partition coefficient (Wildman–Crippen LogP) is 3.98. The minimum atomic E-state index is -0.187. The third-order valence-electron chi connectivity index (χ3n) is 3.18. The van der Waals surface area contributed by atoms with Crippen LogP contribution in [0.1, 0.15) is 26.2 Å². The third-order valence-corrected chi connectivity index (χ3v) is 4.28. The van der Waals surface area contributed by atoms with Crippen LogP contribution in [0.25, 0.3) is 0 Å². The lowest BCUT2D eigenvalue weighted by atomic mass is 10.1. The summed E-state index contributed by atoms with van der Waals surface area (Å²) in [5.41, 5.74) is 0. The summed E-state index contributed by atoms with van der Waals surface area (Å²) < 4.78 is 18.7. The van der Waals surface area contributed by atoms with Crippen molar-refractivity contribution in [1.82, 2.24) is 5.32 Å². The van der Waals surface area contributed by atoms with Gasteiger partial charge in [0.1, 0.15) is 11.6 Å². The van der Waals surface area contributed by atoms with Crippen LogP contribution in [-0.2, 0) is 4.74 Å². The Kier molecular flexibility index (Phi) is 6.40. The molecule has 1 aromatic carbocycles. The maximum atomic E-state index is 12.9. The monoisotopic (exact) mass is 295 g/mol. The summed E-state index contributed by atoms with van der Waals surface area (Å²) in [4.78, 5) is 1.09. The second-order valence-electron chi connectivity index (χ2n) is 4.87. The van der Waals surface area contributed by atoms with Gasteiger partial charge in [-0.1, -0.05) is 6.92 Å². The summed E-state index contributed by atoms with van der Waals surface area (Å²) in [5, 5.41) is 3.53. The second-order valence-corrected chi connectivity index (χ2v) is 5.96. The molecule has 1 atom stereocenters. The molecule has 0 amide bonds. The molecule has 1 N–H and O–H groups in total. The van der Waals surface area contributed by atoms with Crippen LogP contribution < -0.4 is 5.32 Å². The van der Waals surface area contributed by atoms with Crippen molar-refractivity contribution in [3.63, 3.8) is 0 Å². The summed E-state index contributed by atoms with van der Waals surface area (Å²) in [6.45, 7) is 3.96. The Morgan fingerprint density at radius 3 is 2.80 bits per heavy atom. The van der Waals surface area contributed by atoms with Gasteiger partial charge in [0.2, 0.25) is 0 Å². The molecule has 1 heterocycles. The van der Waals surface area contributed by atoms with E-state index in [1.165, 1.54) is 12.1 Å². The fraction of sp³-hybridized carbons (Fsp3) is 0.500. The Hall–Kier alpha value is -1.00. The Labute approximate surface area is 124 Å². The number of nitrogens with one attached hydrogen (secondary N) is 1. The molecule has 0 aliphatic carbocycles. The molecule has 1 aliphatic heterocycles. The molecule has 0 fully saturated rings. The molecular formula is C16H22FNOS. The van der Waals surface area contributed by atoms with Crippen LogP contribution in [-0.4, -0.2) is 24.9 Å². The van der Waals surface area contributed by atoms with Gasteiger partial charge in [-0.25, -0.2) is 4.39 Å². The number of ether oxygens (including phenoxy) is 1. The lowest BCUT2D eigenvalue weighted by molar-refractivity contribution is 0.172. The van der Waals surface area contributed by atoms with E-state index in [2.05, 4.69) is 18.3 Å². The summed E-state index contributed by atoms with van der Waals surface area (Å²) in [6, 6.07) is 6.91. The van der Waals surface area contributed by atoms with Gasteiger partial charge in [0.25, 0.3) is 0 Å². The standard InChI is InChI=1S/C16H22FNOS/c1-2-10-18-15(16-5-3-4-11-19-16)12-20-14-8-6-13(17)7-9-14/h5-9,15,18H,2-4,10-12H2,1H3. The zero-order chi connectivity index (χ0) is 14.2. The smallest absolute Gasteiger partial charge is 0.123 e. The molecule has 2 nitrogen and oxygen atoms in total. The second kappa shape index (κ2) is 8.32. The van der Waals surface area contributed by atoms with Gasteiger partial charge in [0.15, 0.2) is 0 Å². The van der Waals surface area contributed by atoms with Gasteiger partial charge in [-0.3, -0.25) is 0 Å². The van der Waals surface area contributed by atoms with E-state index in [0.29, 0.717) is 0 Å². The Bertz CT molecular complexity index is 433. The molecule has 0 aromatic heterocycles. The minimum Gasteiger partial charge on any atom is -0.497 e. The van der Waals surface area contributed by atoms with Gasteiger partial charge >= 0.3 is 0 Å². The highest BCUT2D eigenvalue weighted by Crippen LogP contribution is 2.23. The van der Waals surface area contributed by atoms with Crippen LogP contribution in [0.2, 0.25) is 0 Å². The van der Waals surface area contributed by atoms with E-state index in [1.54, 1.807) is 11.8 Å². The van der Waals surface area contributed by atoms with Gasteiger partial charge in [0, 0.05) is 10.6 Å². The lowest BCUT2D eigenvalue weighted by Gasteiger charge is -2.24. The first-order valence-electron chi connectivity index (χ1n) is 7.24. The Morgan fingerprint density at radius 1 is 1.35 bits per heavy atom. The van der Waals surface area contributed by atoms with Crippen molar-refractivity contribution in [2.45, 2.75) is 37.1 Å². The van der Waals surface area contributed by atoms with E-state index < -0.39 is 0 Å². The van der Waals surface area contributed by atoms with Gasteiger partial charge in [-0.15, -0.1) is 11.8 Å². The van der Waals surface area contributed by atoms with Crippen molar-refractivity contribution in [3.05, 3.63) is 41.9 Å². The van der Waals surface area contributed by atoms with Crippen molar-refractivity contribution in [2.75, 3.05) is 18.9 Å². The van der Waals surface area contributed by atoms with Gasteiger partial charge < -0.3 is 10.1 Å². The molecule has 20 heavy (non-hydrogen) atoms. The number of hydrogen-bond donors (Lipinski definition) is 1.